The summed E-state index contributed by atoms with van der Waals surface area (Å²) < 4.78 is 8.44. The molecule has 1 aliphatic heterocycles. The Labute approximate surface area is 173 Å². The highest BCUT2D eigenvalue weighted by molar-refractivity contribution is 5.97. The first-order valence-corrected chi connectivity index (χ1v) is 9.67. The zero-order valence-electron chi connectivity index (χ0n) is 16.9. The summed E-state index contributed by atoms with van der Waals surface area (Å²) in [6, 6.07) is 4.62. The quantitative estimate of drug-likeness (QED) is 0.675. The van der Waals surface area contributed by atoms with Crippen LogP contribution >= 0.6 is 0 Å². The van der Waals surface area contributed by atoms with Crippen molar-refractivity contribution in [3.8, 4) is 22.8 Å². The Morgan fingerprint density at radius 2 is 2.07 bits per heavy atom. The van der Waals surface area contributed by atoms with Crippen LogP contribution in [0, 0.1) is 0 Å². The number of hydrogen-bond donors (Lipinski definition) is 1. The molecule has 1 fully saturated rings. The second kappa shape index (κ2) is 7.97. The maximum Gasteiger partial charge on any atom is 0.275 e. The first kappa shape index (κ1) is 19.6. The summed E-state index contributed by atoms with van der Waals surface area (Å²) in [6.07, 6.45) is 7.42. The fraction of sp³-hybridized carbons (Fsp3) is 0.350. The SMILES string of the molecule is COc1ccc(-n2nc(C(=O)N3CCCCC3C(N)=O)cc2-c2cnn(C)c2)cn1. The van der Waals surface area contributed by atoms with Gasteiger partial charge in [-0.1, -0.05) is 0 Å². The number of nitrogens with zero attached hydrogens (tertiary/aromatic N) is 6. The number of carbonyl (C=O) groups is 2. The van der Waals surface area contributed by atoms with Crippen LogP contribution in [0.15, 0.2) is 36.8 Å². The predicted molar refractivity (Wildman–Crippen MR) is 108 cm³/mol. The van der Waals surface area contributed by atoms with Gasteiger partial charge < -0.3 is 15.4 Å². The first-order chi connectivity index (χ1) is 14.5. The smallest absolute Gasteiger partial charge is 0.275 e. The van der Waals surface area contributed by atoms with E-state index in [0.29, 0.717) is 30.2 Å². The van der Waals surface area contributed by atoms with Crippen molar-refractivity contribution in [1.82, 2.24) is 29.4 Å². The van der Waals surface area contributed by atoms with Crippen molar-refractivity contribution in [2.45, 2.75) is 25.3 Å². The predicted octanol–water partition coefficient (Wildman–Crippen LogP) is 1.16. The summed E-state index contributed by atoms with van der Waals surface area (Å²) in [5.41, 5.74) is 7.91. The van der Waals surface area contributed by atoms with E-state index in [-0.39, 0.29) is 11.6 Å². The Morgan fingerprint density at radius 1 is 1.23 bits per heavy atom. The van der Waals surface area contributed by atoms with Gasteiger partial charge in [-0.3, -0.25) is 14.3 Å². The van der Waals surface area contributed by atoms with Crippen molar-refractivity contribution in [2.75, 3.05) is 13.7 Å². The molecular weight excluding hydrogens is 386 g/mol. The molecule has 156 valence electrons. The molecule has 3 aromatic rings. The van der Waals surface area contributed by atoms with Gasteiger partial charge in [0.15, 0.2) is 5.69 Å². The van der Waals surface area contributed by atoms with Gasteiger partial charge in [-0.25, -0.2) is 9.67 Å². The van der Waals surface area contributed by atoms with Gasteiger partial charge in [-0.05, 0) is 31.4 Å². The van der Waals surface area contributed by atoms with Crippen molar-refractivity contribution >= 4 is 11.8 Å². The molecule has 30 heavy (non-hydrogen) atoms. The van der Waals surface area contributed by atoms with Gasteiger partial charge >= 0.3 is 0 Å². The van der Waals surface area contributed by atoms with E-state index in [4.69, 9.17) is 10.5 Å². The van der Waals surface area contributed by atoms with E-state index in [0.717, 1.165) is 18.4 Å². The third-order valence-electron chi connectivity index (χ3n) is 5.20. The standard InChI is InChI=1S/C20H23N7O3/c1-25-12-13(10-23-25)17-9-15(20(29)26-8-4-3-5-16(26)19(21)28)24-27(17)14-6-7-18(30-2)22-11-14/h6-7,9-12,16H,3-5,8H2,1-2H3,(H2,21,28). The largest absolute Gasteiger partial charge is 0.481 e. The summed E-state index contributed by atoms with van der Waals surface area (Å²) in [5, 5.41) is 8.76. The van der Waals surface area contributed by atoms with E-state index in [2.05, 4.69) is 15.2 Å². The van der Waals surface area contributed by atoms with E-state index >= 15 is 0 Å². The lowest BCUT2D eigenvalue weighted by Gasteiger charge is -2.33. The maximum atomic E-state index is 13.2. The van der Waals surface area contributed by atoms with Crippen LogP contribution in [0.25, 0.3) is 16.9 Å². The molecule has 10 heteroatoms. The molecule has 0 saturated carbocycles. The monoisotopic (exact) mass is 409 g/mol. The average Bonchev–Trinajstić information content (AvgIpc) is 3.39. The molecular formula is C20H23N7O3. The summed E-state index contributed by atoms with van der Waals surface area (Å²) >= 11 is 0. The van der Waals surface area contributed by atoms with Crippen molar-refractivity contribution in [3.05, 3.63) is 42.5 Å². The zero-order chi connectivity index (χ0) is 21.3. The number of piperidine rings is 1. The van der Waals surface area contributed by atoms with Crippen LogP contribution in [0.3, 0.4) is 0 Å². The molecule has 4 rings (SSSR count). The molecule has 2 amide bonds. The molecule has 0 aliphatic carbocycles. The van der Waals surface area contributed by atoms with Crippen molar-refractivity contribution in [2.24, 2.45) is 12.8 Å². The summed E-state index contributed by atoms with van der Waals surface area (Å²) in [4.78, 5) is 30.8. The zero-order valence-corrected chi connectivity index (χ0v) is 16.9. The number of aromatic nitrogens is 5. The second-order valence-electron chi connectivity index (χ2n) is 7.20. The van der Waals surface area contributed by atoms with Crippen molar-refractivity contribution in [1.29, 1.82) is 0 Å². The first-order valence-electron chi connectivity index (χ1n) is 9.67. The van der Waals surface area contributed by atoms with Gasteiger partial charge in [-0.15, -0.1) is 0 Å². The number of rotatable bonds is 5. The van der Waals surface area contributed by atoms with Crippen LogP contribution in [0.4, 0.5) is 0 Å². The topological polar surface area (TPSA) is 121 Å². The van der Waals surface area contributed by atoms with Crippen molar-refractivity contribution in [3.63, 3.8) is 0 Å². The number of ether oxygens (including phenoxy) is 1. The average molecular weight is 409 g/mol. The highest BCUT2D eigenvalue weighted by atomic mass is 16.5. The van der Waals surface area contributed by atoms with Gasteiger partial charge in [0.05, 0.1) is 30.9 Å². The van der Waals surface area contributed by atoms with Crippen LogP contribution in [0.1, 0.15) is 29.8 Å². The van der Waals surface area contributed by atoms with E-state index in [1.54, 1.807) is 47.1 Å². The fourth-order valence-electron chi connectivity index (χ4n) is 3.68. The van der Waals surface area contributed by atoms with Gasteiger partial charge in [0.1, 0.15) is 6.04 Å². The summed E-state index contributed by atoms with van der Waals surface area (Å²) in [7, 11) is 3.36. The van der Waals surface area contributed by atoms with E-state index < -0.39 is 11.9 Å². The fourth-order valence-corrected chi connectivity index (χ4v) is 3.68. The number of likely N-dealkylation sites (tertiary alicyclic amines) is 1. The van der Waals surface area contributed by atoms with Crippen LogP contribution in [-0.4, -0.2) is 61.0 Å². The number of hydrogen-bond acceptors (Lipinski definition) is 6. The Morgan fingerprint density at radius 3 is 2.70 bits per heavy atom. The molecule has 1 aliphatic rings. The molecule has 10 nitrogen and oxygen atoms in total. The normalized spacial score (nSPS) is 16.5. The Kier molecular flexibility index (Phi) is 5.21. The lowest BCUT2D eigenvalue weighted by atomic mass is 10.0. The van der Waals surface area contributed by atoms with Crippen LogP contribution < -0.4 is 10.5 Å². The highest BCUT2D eigenvalue weighted by Gasteiger charge is 2.33. The minimum absolute atomic E-state index is 0.234. The second-order valence-corrected chi connectivity index (χ2v) is 7.20. The molecule has 1 saturated heterocycles. The summed E-state index contributed by atoms with van der Waals surface area (Å²) in [6.45, 7) is 0.478. The maximum absolute atomic E-state index is 13.2. The number of aryl methyl sites for hydroxylation is 1. The molecule has 1 atom stereocenters. The number of carbonyl (C=O) groups excluding carboxylic acids is 2. The number of nitrogens with two attached hydrogens (primary N) is 1. The number of methoxy groups -OCH3 is 1. The van der Waals surface area contributed by atoms with E-state index in [1.807, 2.05) is 13.2 Å². The lowest BCUT2D eigenvalue weighted by molar-refractivity contribution is -0.123. The Hall–Kier alpha value is -3.69. The Balaban J connectivity index is 1.76. The van der Waals surface area contributed by atoms with E-state index in [1.165, 1.54) is 4.90 Å². The molecule has 4 heterocycles. The van der Waals surface area contributed by atoms with Gasteiger partial charge in [0.25, 0.3) is 5.91 Å². The molecule has 1 unspecified atom stereocenters. The van der Waals surface area contributed by atoms with Crippen LogP contribution in [0.2, 0.25) is 0 Å². The van der Waals surface area contributed by atoms with Gasteiger partial charge in [-0.2, -0.15) is 10.2 Å². The molecule has 0 bridgehead atoms. The van der Waals surface area contributed by atoms with E-state index in [9.17, 15) is 9.59 Å². The summed E-state index contributed by atoms with van der Waals surface area (Å²) in [5.74, 6) is -0.332. The van der Waals surface area contributed by atoms with Gasteiger partial charge in [0.2, 0.25) is 11.8 Å². The minimum Gasteiger partial charge on any atom is -0.481 e. The molecule has 0 aromatic carbocycles. The molecule has 3 aromatic heterocycles. The van der Waals surface area contributed by atoms with Crippen molar-refractivity contribution < 1.29 is 14.3 Å². The molecule has 0 spiro atoms. The Bertz CT molecular complexity index is 1070. The molecule has 2 N–H and O–H groups in total. The third kappa shape index (κ3) is 3.63. The van der Waals surface area contributed by atoms with Crippen LogP contribution in [0.5, 0.6) is 5.88 Å². The lowest BCUT2D eigenvalue weighted by Crippen LogP contribution is -2.50. The number of pyridine rings is 1. The number of amides is 2. The number of primary amides is 1. The van der Waals surface area contributed by atoms with Gasteiger partial charge in [0, 0.05) is 31.4 Å². The highest BCUT2D eigenvalue weighted by Crippen LogP contribution is 2.26. The molecule has 0 radical (unpaired) electrons. The third-order valence-corrected chi connectivity index (χ3v) is 5.20. The minimum atomic E-state index is -0.610. The van der Waals surface area contributed by atoms with Crippen LogP contribution in [-0.2, 0) is 11.8 Å².